The van der Waals surface area contributed by atoms with Crippen molar-refractivity contribution in [2.24, 2.45) is 5.92 Å². The average molecular weight is 340 g/mol. The lowest BCUT2D eigenvalue weighted by atomic mass is 10.0. The highest BCUT2D eigenvalue weighted by atomic mass is 35.6. The van der Waals surface area contributed by atoms with Gasteiger partial charge in [-0.2, -0.15) is 0 Å². The molecule has 0 aromatic rings. The third-order valence-electron chi connectivity index (χ3n) is 1.95. The molecule has 0 amide bonds. The third kappa shape index (κ3) is 6.32. The van der Waals surface area contributed by atoms with E-state index in [-0.39, 0.29) is 19.6 Å². The second-order valence-electron chi connectivity index (χ2n) is 3.31. The van der Waals surface area contributed by atoms with Gasteiger partial charge in [-0.05, 0) is 13.8 Å². The van der Waals surface area contributed by atoms with Crippen molar-refractivity contribution in [3.05, 3.63) is 0 Å². The molecule has 0 saturated heterocycles. The van der Waals surface area contributed by atoms with Gasteiger partial charge in [-0.1, -0.05) is 34.8 Å². The summed E-state index contributed by atoms with van der Waals surface area (Å²) in [5.74, 6) is -2.37. The molecule has 0 bridgehead atoms. The molecule has 0 aromatic carbocycles. The van der Waals surface area contributed by atoms with Crippen LogP contribution in [0.1, 0.15) is 20.3 Å². The Morgan fingerprint density at radius 3 is 2.00 bits per heavy atom. The van der Waals surface area contributed by atoms with Crippen LogP contribution in [0.4, 0.5) is 0 Å². The second-order valence-corrected chi connectivity index (χ2v) is 6.15. The number of alkyl halides is 4. The van der Waals surface area contributed by atoms with Crippen LogP contribution in [-0.2, 0) is 19.1 Å². The zero-order valence-electron chi connectivity index (χ0n) is 9.92. The lowest BCUT2D eigenvalue weighted by molar-refractivity contribution is -0.154. The highest BCUT2D eigenvalue weighted by Gasteiger charge is 2.42. The van der Waals surface area contributed by atoms with Gasteiger partial charge in [-0.15, -0.1) is 11.6 Å². The molecule has 8 heteroatoms. The maximum Gasteiger partial charge on any atom is 0.311 e. The van der Waals surface area contributed by atoms with E-state index in [0.717, 1.165) is 0 Å². The minimum absolute atomic E-state index is 0.141. The molecule has 0 aliphatic rings. The molecule has 0 saturated carbocycles. The summed E-state index contributed by atoms with van der Waals surface area (Å²) in [6.07, 6.45) is -0.297. The largest absolute Gasteiger partial charge is 0.466 e. The van der Waals surface area contributed by atoms with Crippen LogP contribution < -0.4 is 0 Å². The van der Waals surface area contributed by atoms with Crippen LogP contribution in [-0.4, -0.2) is 34.3 Å². The number of halogens is 4. The summed E-state index contributed by atoms with van der Waals surface area (Å²) < 4.78 is 7.64. The van der Waals surface area contributed by atoms with E-state index in [1.54, 1.807) is 13.8 Å². The van der Waals surface area contributed by atoms with Crippen LogP contribution in [0.3, 0.4) is 0 Å². The molecule has 0 rings (SSSR count). The van der Waals surface area contributed by atoms with E-state index in [4.69, 9.17) is 55.9 Å². The number of rotatable bonds is 6. The van der Waals surface area contributed by atoms with Gasteiger partial charge in [-0.25, -0.2) is 0 Å². The summed E-state index contributed by atoms with van der Waals surface area (Å²) in [5, 5.41) is -1.19. The Balaban J connectivity index is 4.83. The first-order valence-electron chi connectivity index (χ1n) is 5.27. The van der Waals surface area contributed by atoms with E-state index in [2.05, 4.69) is 0 Å². The van der Waals surface area contributed by atoms with Gasteiger partial charge < -0.3 is 9.47 Å². The number of hydrogen-bond acceptors (Lipinski definition) is 4. The highest BCUT2D eigenvalue weighted by molar-refractivity contribution is 6.70. The Labute approximate surface area is 126 Å². The van der Waals surface area contributed by atoms with Crippen molar-refractivity contribution in [1.29, 1.82) is 0 Å². The van der Waals surface area contributed by atoms with Gasteiger partial charge in [-0.3, -0.25) is 9.59 Å². The Kier molecular flexibility index (Phi) is 8.35. The molecule has 0 aromatic heterocycles. The number of hydrogen-bond donors (Lipinski definition) is 0. The Bertz CT molecular complexity index is 290. The Morgan fingerprint density at radius 2 is 1.61 bits per heavy atom. The van der Waals surface area contributed by atoms with Crippen molar-refractivity contribution < 1.29 is 19.1 Å². The molecule has 0 aliphatic carbocycles. The van der Waals surface area contributed by atoms with Gasteiger partial charge in [0.1, 0.15) is 0 Å². The summed E-state index contributed by atoms with van der Waals surface area (Å²) >= 11 is 22.8. The van der Waals surface area contributed by atoms with Crippen LogP contribution in [0.15, 0.2) is 0 Å². The average Bonchev–Trinajstić information content (AvgIpc) is 2.24. The van der Waals surface area contributed by atoms with Crippen LogP contribution in [0.2, 0.25) is 0 Å². The Hall–Kier alpha value is 0.1000. The minimum atomic E-state index is -1.88. The van der Waals surface area contributed by atoms with E-state index >= 15 is 0 Å². The number of ether oxygens (including phenoxy) is 2. The fourth-order valence-corrected chi connectivity index (χ4v) is 1.83. The lowest BCUT2D eigenvalue weighted by Gasteiger charge is -2.25. The van der Waals surface area contributed by atoms with E-state index in [9.17, 15) is 9.59 Å². The molecule has 0 aliphatic heterocycles. The summed E-state index contributed by atoms with van der Waals surface area (Å²) in [6, 6.07) is 0. The maximum atomic E-state index is 11.7. The molecular weight excluding hydrogens is 326 g/mol. The third-order valence-corrected chi connectivity index (χ3v) is 3.62. The van der Waals surface area contributed by atoms with Crippen LogP contribution in [0, 0.1) is 5.92 Å². The van der Waals surface area contributed by atoms with Crippen LogP contribution in [0.25, 0.3) is 0 Å². The minimum Gasteiger partial charge on any atom is -0.466 e. The molecule has 106 valence electrons. The van der Waals surface area contributed by atoms with E-state index in [0.29, 0.717) is 0 Å². The van der Waals surface area contributed by atoms with Gasteiger partial charge in [0, 0.05) is 0 Å². The molecule has 2 unspecified atom stereocenters. The SMILES string of the molecule is CCOC(=O)CC(C(=O)OCC)C(Cl)C(Cl)(Cl)Cl. The molecule has 0 radical (unpaired) electrons. The van der Waals surface area contributed by atoms with Gasteiger partial charge >= 0.3 is 11.9 Å². The molecule has 18 heavy (non-hydrogen) atoms. The summed E-state index contributed by atoms with van der Waals surface area (Å²) in [4.78, 5) is 23.1. The van der Waals surface area contributed by atoms with Crippen LogP contribution in [0.5, 0.6) is 0 Å². The Morgan fingerprint density at radius 1 is 1.11 bits per heavy atom. The van der Waals surface area contributed by atoms with Crippen molar-refractivity contribution in [3.63, 3.8) is 0 Å². The van der Waals surface area contributed by atoms with Gasteiger partial charge in [0.25, 0.3) is 0 Å². The molecule has 0 N–H and O–H groups in total. The molecule has 4 nitrogen and oxygen atoms in total. The number of carbonyl (C=O) groups excluding carboxylic acids is 2. The first-order chi connectivity index (χ1) is 8.23. The fraction of sp³-hybridized carbons (Fsp3) is 0.800. The van der Waals surface area contributed by atoms with Crippen molar-refractivity contribution in [3.8, 4) is 0 Å². The summed E-state index contributed by atoms with van der Waals surface area (Å²) in [5.41, 5.74) is 0. The fourth-order valence-electron chi connectivity index (χ4n) is 1.18. The maximum absolute atomic E-state index is 11.7. The monoisotopic (exact) mass is 338 g/mol. The predicted molar refractivity (Wildman–Crippen MR) is 71.3 cm³/mol. The highest BCUT2D eigenvalue weighted by Crippen LogP contribution is 2.39. The zero-order chi connectivity index (χ0) is 14.3. The normalized spacial score (nSPS) is 14.8. The van der Waals surface area contributed by atoms with Crippen molar-refractivity contribution >= 4 is 58.3 Å². The quantitative estimate of drug-likeness (QED) is 0.551. The predicted octanol–water partition coefficient (Wildman–Crippen LogP) is 3.10. The molecular formula is C10H14Cl4O4. The first-order valence-corrected chi connectivity index (χ1v) is 6.84. The van der Waals surface area contributed by atoms with E-state index in [1.165, 1.54) is 0 Å². The van der Waals surface area contributed by atoms with Gasteiger partial charge in [0.2, 0.25) is 3.79 Å². The molecule has 0 spiro atoms. The van der Waals surface area contributed by atoms with Crippen LogP contribution >= 0.6 is 46.4 Å². The zero-order valence-corrected chi connectivity index (χ0v) is 12.9. The van der Waals surface area contributed by atoms with E-state index in [1.807, 2.05) is 0 Å². The smallest absolute Gasteiger partial charge is 0.311 e. The van der Waals surface area contributed by atoms with Gasteiger partial charge in [0.05, 0.1) is 30.9 Å². The molecule has 0 fully saturated rings. The summed E-state index contributed by atoms with van der Waals surface area (Å²) in [6.45, 7) is 3.60. The molecule has 0 heterocycles. The van der Waals surface area contributed by atoms with E-state index < -0.39 is 27.0 Å². The summed E-state index contributed by atoms with van der Waals surface area (Å²) in [7, 11) is 0. The lowest BCUT2D eigenvalue weighted by Crippen LogP contribution is -2.37. The molecule has 2 atom stereocenters. The standard InChI is InChI=1S/C10H14Cl4O4/c1-3-17-7(15)5-6(9(16)18-4-2)8(11)10(12,13)14/h6,8H,3-5H2,1-2H3. The van der Waals surface area contributed by atoms with Crippen molar-refractivity contribution in [2.75, 3.05) is 13.2 Å². The second kappa shape index (κ2) is 8.31. The van der Waals surface area contributed by atoms with Crippen molar-refractivity contribution in [2.45, 2.75) is 29.4 Å². The number of esters is 2. The van der Waals surface area contributed by atoms with Crippen molar-refractivity contribution in [1.82, 2.24) is 0 Å². The topological polar surface area (TPSA) is 52.6 Å². The first kappa shape index (κ1) is 18.1. The number of carbonyl (C=O) groups is 2. The van der Waals surface area contributed by atoms with Gasteiger partial charge in [0.15, 0.2) is 0 Å².